The largest absolute Gasteiger partial charge is 0.385 e. The normalized spacial score (nSPS) is 16.8. The van der Waals surface area contributed by atoms with Crippen LogP contribution in [0.2, 0.25) is 0 Å². The maximum Gasteiger partial charge on any atom is 0.224 e. The van der Waals surface area contributed by atoms with Crippen molar-refractivity contribution in [1.29, 1.82) is 0 Å². The van der Waals surface area contributed by atoms with Crippen LogP contribution in [0.15, 0.2) is 67.0 Å². The van der Waals surface area contributed by atoms with E-state index in [1.807, 2.05) is 23.4 Å². The standard InChI is InChI=1S/C30H37N5O2/c1-37-17-5-16-35-28-8-3-2-7-27(28)33-30(35)25-6-4-15-34(21-25)29(36)19-26(31)18-22-9-11-23(12-10-22)24-13-14-32-20-24/h2-3,7-14,20,25-26,32H,4-6,15-19,21,31H2,1H3. The number of aromatic nitrogens is 3. The Bertz CT molecular complexity index is 1300. The average Bonchev–Trinajstić information content (AvgIpc) is 3.58. The van der Waals surface area contributed by atoms with Crippen molar-refractivity contribution < 1.29 is 9.53 Å². The molecule has 3 N–H and O–H groups in total. The number of benzene rings is 2. The summed E-state index contributed by atoms with van der Waals surface area (Å²) < 4.78 is 7.62. The number of likely N-dealkylation sites (tertiary alicyclic amines) is 1. The molecular formula is C30H37N5O2. The molecule has 1 saturated heterocycles. The number of amides is 1. The van der Waals surface area contributed by atoms with Gasteiger partial charge in [-0.05, 0) is 60.6 Å². The van der Waals surface area contributed by atoms with E-state index in [1.54, 1.807) is 7.11 Å². The summed E-state index contributed by atoms with van der Waals surface area (Å²) in [6.07, 6.45) is 7.90. The Balaban J connectivity index is 1.22. The van der Waals surface area contributed by atoms with Crippen molar-refractivity contribution in [3.05, 3.63) is 78.4 Å². The molecule has 2 atom stereocenters. The number of nitrogens with one attached hydrogen (secondary N) is 1. The Labute approximate surface area is 218 Å². The molecule has 0 aliphatic carbocycles. The summed E-state index contributed by atoms with van der Waals surface area (Å²) >= 11 is 0. The zero-order chi connectivity index (χ0) is 25.6. The summed E-state index contributed by atoms with van der Waals surface area (Å²) in [5.74, 6) is 1.45. The second kappa shape index (κ2) is 11.8. The number of aromatic amines is 1. The number of methoxy groups -OCH3 is 1. The Morgan fingerprint density at radius 2 is 2.00 bits per heavy atom. The summed E-state index contributed by atoms with van der Waals surface area (Å²) in [4.78, 5) is 23.4. The first-order valence-corrected chi connectivity index (χ1v) is 13.3. The molecule has 2 unspecified atom stereocenters. The molecule has 0 bridgehead atoms. The molecule has 2 aromatic carbocycles. The van der Waals surface area contributed by atoms with Gasteiger partial charge in [0.05, 0.1) is 11.0 Å². The van der Waals surface area contributed by atoms with Gasteiger partial charge < -0.3 is 24.9 Å². The van der Waals surface area contributed by atoms with Gasteiger partial charge in [0.2, 0.25) is 5.91 Å². The number of imidazole rings is 1. The minimum Gasteiger partial charge on any atom is -0.385 e. The van der Waals surface area contributed by atoms with Gasteiger partial charge in [-0.1, -0.05) is 36.4 Å². The van der Waals surface area contributed by atoms with Crippen molar-refractivity contribution in [3.8, 4) is 11.1 Å². The van der Waals surface area contributed by atoms with Crippen LogP contribution in [0.4, 0.5) is 0 Å². The summed E-state index contributed by atoms with van der Waals surface area (Å²) in [6.45, 7) is 3.07. The summed E-state index contributed by atoms with van der Waals surface area (Å²) in [5, 5.41) is 0. The molecule has 1 aliphatic heterocycles. The third-order valence-corrected chi connectivity index (χ3v) is 7.37. The van der Waals surface area contributed by atoms with E-state index < -0.39 is 0 Å². The van der Waals surface area contributed by atoms with E-state index in [0.29, 0.717) is 26.0 Å². The third kappa shape index (κ3) is 5.95. The molecule has 1 aliphatic rings. The zero-order valence-electron chi connectivity index (χ0n) is 21.6. The molecule has 37 heavy (non-hydrogen) atoms. The van der Waals surface area contributed by atoms with Crippen LogP contribution < -0.4 is 5.73 Å². The van der Waals surface area contributed by atoms with Gasteiger partial charge in [0.25, 0.3) is 0 Å². The van der Waals surface area contributed by atoms with Crippen molar-refractivity contribution in [2.75, 3.05) is 26.8 Å². The van der Waals surface area contributed by atoms with Crippen molar-refractivity contribution in [2.45, 2.75) is 50.6 Å². The number of fused-ring (bicyclic) bond motifs is 1. The molecule has 7 heteroatoms. The van der Waals surface area contributed by atoms with Crippen LogP contribution in [0.3, 0.4) is 0 Å². The van der Waals surface area contributed by atoms with Crippen LogP contribution in [-0.2, 0) is 22.5 Å². The molecule has 1 fully saturated rings. The molecule has 3 heterocycles. The van der Waals surface area contributed by atoms with E-state index in [-0.39, 0.29) is 17.9 Å². The predicted molar refractivity (Wildman–Crippen MR) is 147 cm³/mol. The minimum absolute atomic E-state index is 0.142. The average molecular weight is 500 g/mol. The highest BCUT2D eigenvalue weighted by Gasteiger charge is 2.29. The lowest BCUT2D eigenvalue weighted by Crippen LogP contribution is -2.42. The van der Waals surface area contributed by atoms with Crippen LogP contribution in [0.5, 0.6) is 0 Å². The minimum atomic E-state index is -0.204. The van der Waals surface area contributed by atoms with Crippen molar-refractivity contribution in [1.82, 2.24) is 19.4 Å². The highest BCUT2D eigenvalue weighted by Crippen LogP contribution is 2.30. The number of nitrogens with two attached hydrogens (primary N) is 1. The molecule has 5 rings (SSSR count). The van der Waals surface area contributed by atoms with E-state index in [4.69, 9.17) is 15.5 Å². The monoisotopic (exact) mass is 499 g/mol. The molecule has 4 aromatic rings. The van der Waals surface area contributed by atoms with Gasteiger partial charge >= 0.3 is 0 Å². The van der Waals surface area contributed by atoms with E-state index in [9.17, 15) is 4.79 Å². The maximum atomic E-state index is 13.3. The van der Waals surface area contributed by atoms with Gasteiger partial charge in [-0.2, -0.15) is 0 Å². The number of carbonyl (C=O) groups excluding carboxylic acids is 1. The second-order valence-electron chi connectivity index (χ2n) is 10.1. The summed E-state index contributed by atoms with van der Waals surface area (Å²) in [6, 6.07) is 18.6. The van der Waals surface area contributed by atoms with E-state index in [2.05, 4.69) is 58.1 Å². The van der Waals surface area contributed by atoms with E-state index in [1.165, 1.54) is 5.56 Å². The van der Waals surface area contributed by atoms with Crippen LogP contribution in [-0.4, -0.2) is 58.2 Å². The van der Waals surface area contributed by atoms with Crippen LogP contribution >= 0.6 is 0 Å². The van der Waals surface area contributed by atoms with Gasteiger partial charge in [-0.15, -0.1) is 0 Å². The number of rotatable bonds is 10. The molecule has 0 radical (unpaired) electrons. The number of piperidine rings is 1. The SMILES string of the molecule is COCCCn1c(C2CCCN(C(=O)CC(N)Cc3ccc(-c4cc[nH]c4)cc3)C2)nc2ccccc21. The number of carbonyl (C=O) groups is 1. The van der Waals surface area contributed by atoms with Crippen molar-refractivity contribution in [3.63, 3.8) is 0 Å². The first kappa shape index (κ1) is 25.2. The first-order chi connectivity index (χ1) is 18.1. The van der Waals surface area contributed by atoms with Crippen molar-refractivity contribution in [2.24, 2.45) is 5.73 Å². The number of ether oxygens (including phenoxy) is 1. The molecule has 1 amide bonds. The fourth-order valence-electron chi connectivity index (χ4n) is 5.49. The number of nitrogens with zero attached hydrogens (tertiary/aromatic N) is 3. The highest BCUT2D eigenvalue weighted by atomic mass is 16.5. The number of hydrogen-bond donors (Lipinski definition) is 2. The third-order valence-electron chi connectivity index (χ3n) is 7.37. The van der Waals surface area contributed by atoms with E-state index >= 15 is 0 Å². The molecule has 2 aromatic heterocycles. The zero-order valence-corrected chi connectivity index (χ0v) is 21.6. The van der Waals surface area contributed by atoms with Crippen LogP contribution in [0.1, 0.15) is 43.0 Å². The lowest BCUT2D eigenvalue weighted by Gasteiger charge is -2.33. The lowest BCUT2D eigenvalue weighted by molar-refractivity contribution is -0.132. The Hall–Kier alpha value is -3.42. The molecule has 0 spiro atoms. The summed E-state index contributed by atoms with van der Waals surface area (Å²) in [7, 11) is 1.74. The topological polar surface area (TPSA) is 89.2 Å². The maximum absolute atomic E-state index is 13.3. The van der Waals surface area contributed by atoms with E-state index in [0.717, 1.165) is 60.3 Å². The number of para-hydroxylation sites is 2. The quantitative estimate of drug-likeness (QED) is 0.309. The van der Waals surface area contributed by atoms with Gasteiger partial charge in [-0.25, -0.2) is 4.98 Å². The van der Waals surface area contributed by atoms with Gasteiger partial charge in [0.15, 0.2) is 0 Å². The van der Waals surface area contributed by atoms with Crippen LogP contribution in [0, 0.1) is 0 Å². The molecular weight excluding hydrogens is 462 g/mol. The predicted octanol–water partition coefficient (Wildman–Crippen LogP) is 4.73. The van der Waals surface area contributed by atoms with Crippen molar-refractivity contribution >= 4 is 16.9 Å². The number of H-pyrrole nitrogens is 1. The Morgan fingerprint density at radius 3 is 2.78 bits per heavy atom. The second-order valence-corrected chi connectivity index (χ2v) is 10.1. The number of hydrogen-bond acceptors (Lipinski definition) is 4. The number of aryl methyl sites for hydroxylation is 1. The molecule has 194 valence electrons. The summed E-state index contributed by atoms with van der Waals surface area (Å²) in [5.41, 5.74) is 12.1. The van der Waals surface area contributed by atoms with Gasteiger partial charge in [0, 0.05) is 64.1 Å². The Morgan fingerprint density at radius 1 is 1.16 bits per heavy atom. The van der Waals surface area contributed by atoms with Gasteiger partial charge in [-0.3, -0.25) is 4.79 Å². The highest BCUT2D eigenvalue weighted by molar-refractivity contribution is 5.78. The molecule has 0 saturated carbocycles. The fourth-order valence-corrected chi connectivity index (χ4v) is 5.49. The van der Waals surface area contributed by atoms with Crippen LogP contribution in [0.25, 0.3) is 22.2 Å². The first-order valence-electron chi connectivity index (χ1n) is 13.3. The lowest BCUT2D eigenvalue weighted by atomic mass is 9.95. The Kier molecular flexibility index (Phi) is 8.02. The fraction of sp³-hybridized carbons (Fsp3) is 0.400. The molecule has 7 nitrogen and oxygen atoms in total. The van der Waals surface area contributed by atoms with Gasteiger partial charge in [0.1, 0.15) is 5.82 Å². The smallest absolute Gasteiger partial charge is 0.224 e.